The molecule has 0 amide bonds. The largest absolute Gasteiger partial charge is 0.317 e. The van der Waals surface area contributed by atoms with Crippen LogP contribution in [0.25, 0.3) is 0 Å². The second-order valence-corrected chi connectivity index (χ2v) is 4.49. The van der Waals surface area contributed by atoms with Crippen LogP contribution in [-0.4, -0.2) is 20.9 Å². The molecule has 0 fully saturated rings. The quantitative estimate of drug-likeness (QED) is 0.620. The third kappa shape index (κ3) is 1.43. The fraction of sp³-hybridized carbons (Fsp3) is 0.556. The van der Waals surface area contributed by atoms with E-state index < -0.39 is 0 Å². The van der Waals surface area contributed by atoms with E-state index in [1.807, 2.05) is 7.05 Å². The van der Waals surface area contributed by atoms with Crippen molar-refractivity contribution in [1.29, 1.82) is 0 Å². The van der Waals surface area contributed by atoms with Gasteiger partial charge in [0.25, 0.3) is 0 Å². The van der Waals surface area contributed by atoms with Gasteiger partial charge in [0.15, 0.2) is 0 Å². The van der Waals surface area contributed by atoms with Crippen LogP contribution in [0.5, 0.6) is 0 Å². The Bertz CT molecular complexity index is 282. The average molecular weight is 177 g/mol. The Kier molecular flexibility index (Phi) is 2.24. The van der Waals surface area contributed by atoms with Gasteiger partial charge < -0.3 is 5.32 Å². The molecule has 0 spiro atoms. The van der Waals surface area contributed by atoms with Gasteiger partial charge in [0, 0.05) is 10.9 Å². The molecule has 62 valence electrons. The third-order valence-electron chi connectivity index (χ3n) is 2.52. The van der Waals surface area contributed by atoms with E-state index in [2.05, 4.69) is 11.4 Å². The molecule has 0 bridgehead atoms. The summed E-state index contributed by atoms with van der Waals surface area (Å²) < 4.78 is 0.969. The zero-order valence-electron chi connectivity index (χ0n) is 7.26. The molecule has 2 rings (SSSR count). The molecular formula is C9H12BNS. The minimum atomic E-state index is 0.663. The van der Waals surface area contributed by atoms with Crippen molar-refractivity contribution in [3.8, 4) is 0 Å². The van der Waals surface area contributed by atoms with Gasteiger partial charge in [-0.05, 0) is 36.7 Å². The van der Waals surface area contributed by atoms with E-state index in [9.17, 15) is 0 Å². The molecule has 0 aliphatic heterocycles. The lowest BCUT2D eigenvalue weighted by Crippen LogP contribution is -2.30. The van der Waals surface area contributed by atoms with Gasteiger partial charge in [-0.25, -0.2) is 0 Å². The van der Waals surface area contributed by atoms with E-state index in [0.29, 0.717) is 6.04 Å². The van der Waals surface area contributed by atoms with Crippen LogP contribution in [-0.2, 0) is 12.8 Å². The zero-order chi connectivity index (χ0) is 8.55. The van der Waals surface area contributed by atoms with Gasteiger partial charge in [-0.2, -0.15) is 11.3 Å². The number of aryl methyl sites for hydroxylation is 1. The number of thiophene rings is 1. The first-order chi connectivity index (χ1) is 5.79. The monoisotopic (exact) mass is 177 g/mol. The number of hydrogen-bond acceptors (Lipinski definition) is 2. The first-order valence-electron chi connectivity index (χ1n) is 4.34. The number of nitrogens with one attached hydrogen (secondary N) is 1. The Morgan fingerprint density at radius 3 is 3.25 bits per heavy atom. The summed E-state index contributed by atoms with van der Waals surface area (Å²) in [5.41, 5.74) is 1.48. The van der Waals surface area contributed by atoms with Gasteiger partial charge in [-0.1, -0.05) is 6.07 Å². The molecule has 1 unspecified atom stereocenters. The molecule has 1 nitrogen and oxygen atoms in total. The molecule has 1 aromatic rings. The van der Waals surface area contributed by atoms with E-state index in [4.69, 9.17) is 7.85 Å². The van der Waals surface area contributed by atoms with Crippen LogP contribution in [0.3, 0.4) is 0 Å². The van der Waals surface area contributed by atoms with Gasteiger partial charge in [-0.15, -0.1) is 0 Å². The molecule has 0 saturated carbocycles. The highest BCUT2D eigenvalue weighted by atomic mass is 32.1. The maximum absolute atomic E-state index is 5.74. The minimum Gasteiger partial charge on any atom is -0.317 e. The number of rotatable bonds is 1. The number of hydrogen-bond donors (Lipinski definition) is 1. The van der Waals surface area contributed by atoms with Crippen molar-refractivity contribution >= 4 is 24.0 Å². The fourth-order valence-corrected chi connectivity index (χ4v) is 2.84. The first-order valence-corrected chi connectivity index (χ1v) is 5.15. The topological polar surface area (TPSA) is 12.0 Å². The summed E-state index contributed by atoms with van der Waals surface area (Å²) in [5, 5.41) is 3.32. The maximum Gasteiger partial charge on any atom is 0.128 e. The summed E-state index contributed by atoms with van der Waals surface area (Å²) in [5.74, 6) is 0. The summed E-state index contributed by atoms with van der Waals surface area (Å²) in [4.78, 5) is 1.48. The second-order valence-electron chi connectivity index (χ2n) is 3.33. The van der Waals surface area contributed by atoms with Crippen LogP contribution in [0.4, 0.5) is 0 Å². The molecule has 0 saturated heterocycles. The normalized spacial score (nSPS) is 22.2. The van der Waals surface area contributed by atoms with Gasteiger partial charge in [0.1, 0.15) is 7.85 Å². The van der Waals surface area contributed by atoms with E-state index in [0.717, 1.165) is 11.2 Å². The molecule has 1 heterocycles. The van der Waals surface area contributed by atoms with Crippen LogP contribution in [0, 0.1) is 0 Å². The molecule has 2 radical (unpaired) electrons. The molecule has 1 atom stereocenters. The van der Waals surface area contributed by atoms with Gasteiger partial charge in [0.05, 0.1) is 0 Å². The van der Waals surface area contributed by atoms with Crippen molar-refractivity contribution in [3.63, 3.8) is 0 Å². The van der Waals surface area contributed by atoms with Crippen LogP contribution in [0.2, 0.25) is 0 Å². The van der Waals surface area contributed by atoms with Gasteiger partial charge in [-0.3, -0.25) is 0 Å². The van der Waals surface area contributed by atoms with E-state index >= 15 is 0 Å². The number of fused-ring (bicyclic) bond motifs is 1. The lowest BCUT2D eigenvalue weighted by atomic mass is 9.93. The zero-order valence-corrected chi connectivity index (χ0v) is 8.08. The minimum absolute atomic E-state index is 0.663. The lowest BCUT2D eigenvalue weighted by molar-refractivity contribution is 0.502. The van der Waals surface area contributed by atoms with Crippen molar-refractivity contribution in [1.82, 2.24) is 5.32 Å². The summed E-state index contributed by atoms with van der Waals surface area (Å²) in [7, 11) is 7.78. The fourth-order valence-electron chi connectivity index (χ4n) is 1.78. The molecule has 1 aliphatic rings. The molecule has 0 aromatic carbocycles. The molecular weight excluding hydrogens is 165 g/mol. The van der Waals surface area contributed by atoms with Crippen molar-refractivity contribution in [3.05, 3.63) is 16.5 Å². The Morgan fingerprint density at radius 2 is 2.50 bits per heavy atom. The summed E-state index contributed by atoms with van der Waals surface area (Å²) in [6.45, 7) is 0. The van der Waals surface area contributed by atoms with Gasteiger partial charge in [0.2, 0.25) is 0 Å². The molecule has 1 aliphatic carbocycles. The molecule has 3 heteroatoms. The van der Waals surface area contributed by atoms with Crippen LogP contribution in [0.1, 0.15) is 16.9 Å². The second kappa shape index (κ2) is 3.23. The van der Waals surface area contributed by atoms with Crippen molar-refractivity contribution in [2.45, 2.75) is 25.3 Å². The predicted molar refractivity (Wildman–Crippen MR) is 54.6 cm³/mol. The predicted octanol–water partition coefficient (Wildman–Crippen LogP) is 0.619. The standard InChI is InChI=1S/C9H12BNS/c1-11-7-3-2-6-4-9(10)12-8(6)5-7/h4,7,11H,2-3,5H2,1H3. The Balaban J connectivity index is 2.22. The van der Waals surface area contributed by atoms with Crippen molar-refractivity contribution < 1.29 is 0 Å². The number of likely N-dealkylation sites (N-methyl/N-ethyl adjacent to an activating group) is 1. The van der Waals surface area contributed by atoms with Crippen molar-refractivity contribution in [2.75, 3.05) is 7.05 Å². The molecule has 12 heavy (non-hydrogen) atoms. The SMILES string of the molecule is [B]c1cc2c(s1)CC(NC)CC2. The molecule has 1 N–H and O–H groups in total. The van der Waals surface area contributed by atoms with Crippen LogP contribution >= 0.6 is 11.3 Å². The van der Waals surface area contributed by atoms with Gasteiger partial charge >= 0.3 is 0 Å². The Labute approximate surface area is 78.6 Å². The Hall–Kier alpha value is -0.275. The highest BCUT2D eigenvalue weighted by Crippen LogP contribution is 2.24. The average Bonchev–Trinajstić information content (AvgIpc) is 2.43. The maximum atomic E-state index is 5.74. The van der Waals surface area contributed by atoms with Crippen LogP contribution in [0.15, 0.2) is 6.07 Å². The van der Waals surface area contributed by atoms with E-state index in [-0.39, 0.29) is 0 Å². The van der Waals surface area contributed by atoms with E-state index in [1.54, 1.807) is 11.3 Å². The lowest BCUT2D eigenvalue weighted by Gasteiger charge is -2.20. The summed E-state index contributed by atoms with van der Waals surface area (Å²) in [6.07, 6.45) is 3.60. The molecule has 1 aromatic heterocycles. The van der Waals surface area contributed by atoms with Crippen LogP contribution < -0.4 is 10.1 Å². The summed E-state index contributed by atoms with van der Waals surface area (Å²) in [6, 6.07) is 2.79. The first kappa shape index (κ1) is 8.33. The summed E-state index contributed by atoms with van der Waals surface area (Å²) >= 11 is 1.75. The highest BCUT2D eigenvalue weighted by molar-refractivity contribution is 7.20. The smallest absolute Gasteiger partial charge is 0.128 e. The van der Waals surface area contributed by atoms with Crippen molar-refractivity contribution in [2.24, 2.45) is 0 Å². The third-order valence-corrected chi connectivity index (χ3v) is 3.55. The van der Waals surface area contributed by atoms with E-state index in [1.165, 1.54) is 23.3 Å². The Morgan fingerprint density at radius 1 is 1.67 bits per heavy atom. The highest BCUT2D eigenvalue weighted by Gasteiger charge is 2.18.